The van der Waals surface area contributed by atoms with Crippen LogP contribution in [0.2, 0.25) is 0 Å². The molecule has 0 radical (unpaired) electrons. The molecule has 0 bridgehead atoms. The smallest absolute Gasteiger partial charge is 0.138 e. The third-order valence-electron chi connectivity index (χ3n) is 3.09. The molecule has 1 aromatic heterocycles. The van der Waals surface area contributed by atoms with E-state index in [0.717, 1.165) is 25.2 Å². The molecule has 0 aliphatic rings. The second-order valence-electron chi connectivity index (χ2n) is 5.88. The Morgan fingerprint density at radius 2 is 2.11 bits per heavy atom. The van der Waals surface area contributed by atoms with Crippen LogP contribution in [0.1, 0.15) is 59.2 Å². The molecule has 0 fully saturated rings. The van der Waals surface area contributed by atoms with Gasteiger partial charge in [0.2, 0.25) is 0 Å². The van der Waals surface area contributed by atoms with Gasteiger partial charge in [-0.2, -0.15) is 5.10 Å². The third-order valence-corrected chi connectivity index (χ3v) is 3.09. The fourth-order valence-electron chi connectivity index (χ4n) is 2.11. The van der Waals surface area contributed by atoms with Gasteiger partial charge in [0.25, 0.3) is 0 Å². The number of hydrogen-bond acceptors (Lipinski definition) is 3. The molecule has 0 aliphatic carbocycles. The molecule has 1 aromatic rings. The molecule has 1 atom stereocenters. The molecular formula is C14H27N3O. The van der Waals surface area contributed by atoms with Crippen LogP contribution in [0.15, 0.2) is 6.33 Å². The van der Waals surface area contributed by atoms with Crippen molar-refractivity contribution in [1.82, 2.24) is 14.8 Å². The minimum absolute atomic E-state index is 0.537. The highest BCUT2D eigenvalue weighted by Gasteiger charge is 2.23. The summed E-state index contributed by atoms with van der Waals surface area (Å²) in [7, 11) is 0. The van der Waals surface area contributed by atoms with Gasteiger partial charge in [0.05, 0.1) is 5.60 Å². The van der Waals surface area contributed by atoms with Crippen LogP contribution in [-0.4, -0.2) is 25.5 Å². The Morgan fingerprint density at radius 3 is 2.72 bits per heavy atom. The summed E-state index contributed by atoms with van der Waals surface area (Å²) in [5, 5.41) is 14.6. The average Bonchev–Trinajstić information content (AvgIpc) is 2.64. The van der Waals surface area contributed by atoms with Crippen LogP contribution < -0.4 is 0 Å². The van der Waals surface area contributed by atoms with E-state index in [1.54, 1.807) is 6.33 Å². The van der Waals surface area contributed by atoms with E-state index in [9.17, 15) is 5.11 Å². The SMILES string of the molecule is CCCCCC(C)(O)Cc1ncnn1CC(C)C. The lowest BCUT2D eigenvalue weighted by Crippen LogP contribution is -2.29. The van der Waals surface area contributed by atoms with Gasteiger partial charge in [0.15, 0.2) is 0 Å². The van der Waals surface area contributed by atoms with Crippen molar-refractivity contribution >= 4 is 0 Å². The predicted molar refractivity (Wildman–Crippen MR) is 73.3 cm³/mol. The summed E-state index contributed by atoms with van der Waals surface area (Å²) in [5.41, 5.74) is -0.670. The van der Waals surface area contributed by atoms with Crippen LogP contribution in [0.3, 0.4) is 0 Å². The first-order chi connectivity index (χ1) is 8.44. The highest BCUT2D eigenvalue weighted by molar-refractivity contribution is 4.93. The van der Waals surface area contributed by atoms with Crippen molar-refractivity contribution in [3.05, 3.63) is 12.2 Å². The highest BCUT2D eigenvalue weighted by atomic mass is 16.3. The summed E-state index contributed by atoms with van der Waals surface area (Å²) < 4.78 is 1.92. The Bertz CT molecular complexity index is 345. The minimum Gasteiger partial charge on any atom is -0.390 e. The van der Waals surface area contributed by atoms with Crippen molar-refractivity contribution in [2.24, 2.45) is 5.92 Å². The van der Waals surface area contributed by atoms with Gasteiger partial charge in [0, 0.05) is 13.0 Å². The zero-order valence-electron chi connectivity index (χ0n) is 12.2. The summed E-state index contributed by atoms with van der Waals surface area (Å²) in [6.07, 6.45) is 6.43. The summed E-state index contributed by atoms with van der Waals surface area (Å²) >= 11 is 0. The molecule has 0 spiro atoms. The molecule has 0 aromatic carbocycles. The molecule has 1 unspecified atom stereocenters. The third kappa shape index (κ3) is 5.17. The molecule has 1 heterocycles. The largest absolute Gasteiger partial charge is 0.390 e. The predicted octanol–water partition coefficient (Wildman–Crippen LogP) is 2.81. The number of aromatic nitrogens is 3. The summed E-state index contributed by atoms with van der Waals surface area (Å²) in [4.78, 5) is 4.27. The standard InChI is InChI=1S/C14H27N3O/c1-5-6-7-8-14(4,18)9-13-15-11-16-17(13)10-12(2)3/h11-12,18H,5-10H2,1-4H3. The van der Waals surface area contributed by atoms with Crippen molar-refractivity contribution in [3.8, 4) is 0 Å². The Morgan fingerprint density at radius 1 is 1.39 bits per heavy atom. The molecule has 4 nitrogen and oxygen atoms in total. The average molecular weight is 253 g/mol. The van der Waals surface area contributed by atoms with E-state index in [-0.39, 0.29) is 0 Å². The monoisotopic (exact) mass is 253 g/mol. The molecule has 104 valence electrons. The Hall–Kier alpha value is -0.900. The van der Waals surface area contributed by atoms with E-state index < -0.39 is 5.60 Å². The van der Waals surface area contributed by atoms with Crippen molar-refractivity contribution in [2.45, 2.75) is 71.9 Å². The quantitative estimate of drug-likeness (QED) is 0.725. The lowest BCUT2D eigenvalue weighted by molar-refractivity contribution is 0.0453. The summed E-state index contributed by atoms with van der Waals surface area (Å²) in [5.74, 6) is 1.43. The van der Waals surface area contributed by atoms with E-state index in [4.69, 9.17) is 0 Å². The Balaban J connectivity index is 2.57. The molecule has 0 saturated carbocycles. The molecule has 1 N–H and O–H groups in total. The van der Waals surface area contributed by atoms with Gasteiger partial charge in [-0.1, -0.05) is 40.0 Å². The first-order valence-electron chi connectivity index (χ1n) is 7.03. The lowest BCUT2D eigenvalue weighted by Gasteiger charge is -2.23. The number of unbranched alkanes of at least 4 members (excludes halogenated alkanes) is 2. The zero-order chi connectivity index (χ0) is 13.6. The number of rotatable bonds is 8. The highest BCUT2D eigenvalue weighted by Crippen LogP contribution is 2.19. The van der Waals surface area contributed by atoms with Crippen molar-refractivity contribution in [3.63, 3.8) is 0 Å². The van der Waals surface area contributed by atoms with Gasteiger partial charge in [-0.15, -0.1) is 0 Å². The topological polar surface area (TPSA) is 50.9 Å². The molecule has 0 saturated heterocycles. The van der Waals surface area contributed by atoms with E-state index in [0.29, 0.717) is 12.3 Å². The van der Waals surface area contributed by atoms with E-state index in [1.165, 1.54) is 12.8 Å². The second-order valence-corrected chi connectivity index (χ2v) is 5.88. The lowest BCUT2D eigenvalue weighted by atomic mass is 9.94. The van der Waals surface area contributed by atoms with Crippen molar-refractivity contribution in [2.75, 3.05) is 0 Å². The number of aliphatic hydroxyl groups is 1. The van der Waals surface area contributed by atoms with Gasteiger partial charge >= 0.3 is 0 Å². The van der Waals surface area contributed by atoms with Gasteiger partial charge in [0.1, 0.15) is 12.2 Å². The van der Waals surface area contributed by atoms with E-state index in [1.807, 2.05) is 11.6 Å². The van der Waals surface area contributed by atoms with Gasteiger partial charge in [-0.25, -0.2) is 9.67 Å². The first-order valence-corrected chi connectivity index (χ1v) is 7.03. The maximum absolute atomic E-state index is 10.4. The van der Waals surface area contributed by atoms with Crippen LogP contribution in [0.4, 0.5) is 0 Å². The normalized spacial score (nSPS) is 15.0. The van der Waals surface area contributed by atoms with E-state index in [2.05, 4.69) is 30.9 Å². The van der Waals surface area contributed by atoms with Crippen LogP contribution in [0.25, 0.3) is 0 Å². The molecule has 4 heteroatoms. The van der Waals surface area contributed by atoms with Crippen LogP contribution in [0.5, 0.6) is 0 Å². The fraction of sp³-hybridized carbons (Fsp3) is 0.857. The van der Waals surface area contributed by atoms with Crippen LogP contribution in [-0.2, 0) is 13.0 Å². The van der Waals surface area contributed by atoms with Gasteiger partial charge in [-0.05, 0) is 19.3 Å². The van der Waals surface area contributed by atoms with E-state index >= 15 is 0 Å². The number of nitrogens with zero attached hydrogens (tertiary/aromatic N) is 3. The summed E-state index contributed by atoms with van der Waals surface area (Å²) in [6.45, 7) is 9.25. The van der Waals surface area contributed by atoms with Crippen molar-refractivity contribution < 1.29 is 5.11 Å². The molecule has 0 aliphatic heterocycles. The fourth-order valence-corrected chi connectivity index (χ4v) is 2.11. The van der Waals surface area contributed by atoms with Crippen LogP contribution in [0, 0.1) is 5.92 Å². The van der Waals surface area contributed by atoms with Gasteiger partial charge in [-0.3, -0.25) is 0 Å². The second kappa shape index (κ2) is 6.88. The maximum atomic E-state index is 10.4. The molecule has 18 heavy (non-hydrogen) atoms. The van der Waals surface area contributed by atoms with Crippen LogP contribution >= 0.6 is 0 Å². The molecular weight excluding hydrogens is 226 g/mol. The number of hydrogen-bond donors (Lipinski definition) is 1. The van der Waals surface area contributed by atoms with Crippen molar-refractivity contribution in [1.29, 1.82) is 0 Å². The van der Waals surface area contributed by atoms with Gasteiger partial charge < -0.3 is 5.11 Å². The maximum Gasteiger partial charge on any atom is 0.138 e. The first kappa shape index (κ1) is 15.2. The zero-order valence-corrected chi connectivity index (χ0v) is 12.2. The Kier molecular flexibility index (Phi) is 5.79. The minimum atomic E-state index is -0.670. The molecule has 0 amide bonds. The summed E-state index contributed by atoms with van der Waals surface area (Å²) in [6, 6.07) is 0. The Labute approximate surface area is 110 Å². The molecule has 1 rings (SSSR count).